The van der Waals surface area contributed by atoms with Crippen LogP contribution in [0.15, 0.2) is 83.0 Å². The summed E-state index contributed by atoms with van der Waals surface area (Å²) in [6.45, 7) is 4.06. The first-order valence-electron chi connectivity index (χ1n) is 11.1. The third-order valence-electron chi connectivity index (χ3n) is 6.03. The molecule has 5 rings (SSSR count). The number of aryl methyl sites for hydroxylation is 1. The monoisotopic (exact) mass is 488 g/mol. The standard InChI is InChI=1S/C27H22ClFN4O2/c1-16-10-12-18(13-11-16)25-31-26(35-32-25)23-17(2)33(15-20-6-3-4-9-22(20)28)27(34)30-24(23)19-7-5-8-21(29)14-19/h3-14,24H,15H2,1-2H3,(H,30,34). The van der Waals surface area contributed by atoms with Crippen LogP contribution in [0.5, 0.6) is 0 Å². The highest BCUT2D eigenvalue weighted by Gasteiger charge is 2.36. The van der Waals surface area contributed by atoms with Gasteiger partial charge in [0.15, 0.2) is 0 Å². The van der Waals surface area contributed by atoms with E-state index < -0.39 is 11.9 Å². The summed E-state index contributed by atoms with van der Waals surface area (Å²) in [5.41, 5.74) is 4.49. The summed E-state index contributed by atoms with van der Waals surface area (Å²) in [7, 11) is 0. The summed E-state index contributed by atoms with van der Waals surface area (Å²) in [6.07, 6.45) is 0. The Morgan fingerprint density at radius 1 is 1.06 bits per heavy atom. The normalized spacial score (nSPS) is 15.9. The number of nitrogens with one attached hydrogen (secondary N) is 1. The van der Waals surface area contributed by atoms with Crippen LogP contribution < -0.4 is 5.32 Å². The lowest BCUT2D eigenvalue weighted by atomic mass is 9.94. The van der Waals surface area contributed by atoms with Crippen LogP contribution in [-0.2, 0) is 6.54 Å². The predicted molar refractivity (Wildman–Crippen MR) is 132 cm³/mol. The van der Waals surface area contributed by atoms with Crippen molar-refractivity contribution in [2.45, 2.75) is 26.4 Å². The molecule has 0 bridgehead atoms. The molecule has 2 heterocycles. The summed E-state index contributed by atoms with van der Waals surface area (Å²) in [6, 6.07) is 20.2. The molecule has 35 heavy (non-hydrogen) atoms. The summed E-state index contributed by atoms with van der Waals surface area (Å²) in [4.78, 5) is 19.4. The van der Waals surface area contributed by atoms with Gasteiger partial charge in [0.2, 0.25) is 5.82 Å². The molecule has 1 unspecified atom stereocenters. The van der Waals surface area contributed by atoms with Crippen LogP contribution in [0.25, 0.3) is 17.0 Å². The van der Waals surface area contributed by atoms with Crippen molar-refractivity contribution in [3.05, 3.63) is 112 Å². The number of benzene rings is 3. The van der Waals surface area contributed by atoms with Crippen molar-refractivity contribution >= 4 is 23.2 Å². The SMILES string of the molecule is CC1=C(c2nc(-c3ccc(C)cc3)no2)C(c2cccc(F)c2)NC(=O)N1Cc1ccccc1Cl. The Balaban J connectivity index is 1.61. The Kier molecular flexibility index (Phi) is 6.09. The lowest BCUT2D eigenvalue weighted by Gasteiger charge is -2.35. The second-order valence-electron chi connectivity index (χ2n) is 8.40. The van der Waals surface area contributed by atoms with Crippen molar-refractivity contribution in [2.75, 3.05) is 0 Å². The second kappa shape index (κ2) is 9.35. The van der Waals surface area contributed by atoms with Gasteiger partial charge in [0.1, 0.15) is 5.82 Å². The first kappa shape index (κ1) is 22.8. The molecule has 8 heteroatoms. The number of hydrogen-bond donors (Lipinski definition) is 1. The van der Waals surface area contributed by atoms with Crippen LogP contribution in [0.3, 0.4) is 0 Å². The Morgan fingerprint density at radius 2 is 1.83 bits per heavy atom. The Labute approximate surface area is 207 Å². The lowest BCUT2D eigenvalue weighted by Crippen LogP contribution is -2.45. The molecule has 1 aliphatic heterocycles. The zero-order valence-corrected chi connectivity index (χ0v) is 19.9. The highest BCUT2D eigenvalue weighted by atomic mass is 35.5. The number of carbonyl (C=O) groups is 1. The van der Waals surface area contributed by atoms with Crippen molar-refractivity contribution < 1.29 is 13.7 Å². The molecular formula is C27H22ClFN4O2. The van der Waals surface area contributed by atoms with E-state index in [9.17, 15) is 9.18 Å². The molecule has 0 fully saturated rings. The van der Waals surface area contributed by atoms with Gasteiger partial charge in [-0.1, -0.05) is 76.9 Å². The van der Waals surface area contributed by atoms with Crippen LogP contribution in [0, 0.1) is 12.7 Å². The van der Waals surface area contributed by atoms with Gasteiger partial charge in [-0.2, -0.15) is 4.98 Å². The van der Waals surface area contributed by atoms with Crippen molar-refractivity contribution in [3.63, 3.8) is 0 Å². The van der Waals surface area contributed by atoms with Gasteiger partial charge in [0.05, 0.1) is 18.2 Å². The molecule has 3 aromatic carbocycles. The number of hydrogen-bond acceptors (Lipinski definition) is 4. The molecule has 176 valence electrons. The predicted octanol–water partition coefficient (Wildman–Crippen LogP) is 6.54. The summed E-state index contributed by atoms with van der Waals surface area (Å²) >= 11 is 6.36. The first-order chi connectivity index (χ1) is 16.9. The number of urea groups is 1. The molecule has 2 amide bonds. The Hall–Kier alpha value is -3.97. The maximum absolute atomic E-state index is 14.1. The zero-order valence-electron chi connectivity index (χ0n) is 19.1. The minimum Gasteiger partial charge on any atom is -0.334 e. The number of nitrogens with zero attached hydrogens (tertiary/aromatic N) is 3. The van der Waals surface area contributed by atoms with Crippen LogP contribution in [0.1, 0.15) is 35.5 Å². The van der Waals surface area contributed by atoms with E-state index in [1.165, 1.54) is 12.1 Å². The van der Waals surface area contributed by atoms with Gasteiger partial charge in [-0.15, -0.1) is 0 Å². The second-order valence-corrected chi connectivity index (χ2v) is 8.81. The van der Waals surface area contributed by atoms with Crippen LogP contribution in [0.4, 0.5) is 9.18 Å². The van der Waals surface area contributed by atoms with Crippen LogP contribution >= 0.6 is 11.6 Å². The van der Waals surface area contributed by atoms with Crippen LogP contribution in [0.2, 0.25) is 5.02 Å². The number of amides is 2. The van der Waals surface area contributed by atoms with Crippen molar-refractivity contribution in [1.82, 2.24) is 20.4 Å². The third-order valence-corrected chi connectivity index (χ3v) is 6.40. The van der Waals surface area contributed by atoms with E-state index in [1.54, 1.807) is 23.1 Å². The first-order valence-corrected chi connectivity index (χ1v) is 11.5. The third kappa shape index (κ3) is 4.55. The van der Waals surface area contributed by atoms with E-state index in [2.05, 4.69) is 15.5 Å². The molecule has 1 atom stereocenters. The molecule has 0 saturated heterocycles. The molecule has 0 radical (unpaired) electrons. The van der Waals surface area contributed by atoms with Crippen molar-refractivity contribution in [1.29, 1.82) is 0 Å². The summed E-state index contributed by atoms with van der Waals surface area (Å²) in [5.74, 6) is 0.266. The van der Waals surface area contributed by atoms with Crippen molar-refractivity contribution in [2.24, 2.45) is 0 Å². The fraction of sp³-hybridized carbons (Fsp3) is 0.148. The summed E-state index contributed by atoms with van der Waals surface area (Å²) < 4.78 is 19.8. The Bertz CT molecular complexity index is 1430. The van der Waals surface area contributed by atoms with E-state index in [0.29, 0.717) is 27.7 Å². The zero-order chi connectivity index (χ0) is 24.5. The number of rotatable bonds is 5. The molecule has 1 aromatic heterocycles. The van der Waals surface area contributed by atoms with Gasteiger partial charge in [-0.25, -0.2) is 9.18 Å². The average molecular weight is 489 g/mol. The number of aromatic nitrogens is 2. The topological polar surface area (TPSA) is 71.3 Å². The largest absolute Gasteiger partial charge is 0.334 e. The summed E-state index contributed by atoms with van der Waals surface area (Å²) in [5, 5.41) is 7.70. The average Bonchev–Trinajstić information content (AvgIpc) is 3.32. The molecule has 1 aliphatic rings. The number of carbonyl (C=O) groups excluding carboxylic acids is 1. The fourth-order valence-electron chi connectivity index (χ4n) is 4.13. The van der Waals surface area contributed by atoms with Gasteiger partial charge in [-0.05, 0) is 43.2 Å². The highest BCUT2D eigenvalue weighted by molar-refractivity contribution is 6.31. The molecule has 0 spiro atoms. The number of halogens is 2. The van der Waals surface area contributed by atoms with Crippen LogP contribution in [-0.4, -0.2) is 21.1 Å². The molecule has 1 N–H and O–H groups in total. The minimum absolute atomic E-state index is 0.246. The lowest BCUT2D eigenvalue weighted by molar-refractivity contribution is 0.203. The quantitative estimate of drug-likeness (QED) is 0.346. The molecule has 0 saturated carbocycles. The van der Waals surface area contributed by atoms with Gasteiger partial charge >= 0.3 is 6.03 Å². The van der Waals surface area contributed by atoms with Gasteiger partial charge in [-0.3, -0.25) is 4.90 Å². The van der Waals surface area contributed by atoms with E-state index >= 15 is 0 Å². The van der Waals surface area contributed by atoms with Gasteiger partial charge < -0.3 is 9.84 Å². The number of allylic oxidation sites excluding steroid dienone is 1. The van der Waals surface area contributed by atoms with E-state index in [-0.39, 0.29) is 18.5 Å². The highest BCUT2D eigenvalue weighted by Crippen LogP contribution is 2.38. The maximum Gasteiger partial charge on any atom is 0.322 e. The minimum atomic E-state index is -0.674. The maximum atomic E-state index is 14.1. The molecule has 4 aromatic rings. The van der Waals surface area contributed by atoms with E-state index in [0.717, 1.165) is 16.7 Å². The van der Waals surface area contributed by atoms with E-state index in [1.807, 2.05) is 56.3 Å². The smallest absolute Gasteiger partial charge is 0.322 e. The van der Waals surface area contributed by atoms with Gasteiger partial charge in [0.25, 0.3) is 5.89 Å². The van der Waals surface area contributed by atoms with Gasteiger partial charge in [0, 0.05) is 16.3 Å². The van der Waals surface area contributed by atoms with E-state index in [4.69, 9.17) is 16.1 Å². The van der Waals surface area contributed by atoms with Crippen molar-refractivity contribution in [3.8, 4) is 11.4 Å². The Morgan fingerprint density at radius 3 is 2.57 bits per heavy atom. The molecular weight excluding hydrogens is 467 g/mol. The molecule has 0 aliphatic carbocycles. The fourth-order valence-corrected chi connectivity index (χ4v) is 4.33. The molecule has 6 nitrogen and oxygen atoms in total.